The van der Waals surface area contributed by atoms with E-state index in [9.17, 15) is 65.8 Å². The van der Waals surface area contributed by atoms with Crippen LogP contribution in [0.4, 0.5) is 0 Å². The van der Waals surface area contributed by atoms with Crippen LogP contribution in [0.2, 0.25) is 0 Å². The highest BCUT2D eigenvalue weighted by Crippen LogP contribution is 2.58. The van der Waals surface area contributed by atoms with Gasteiger partial charge < -0.3 is 84.6 Å². The summed E-state index contributed by atoms with van der Waals surface area (Å²) in [6.45, 7) is -0.679. The van der Waals surface area contributed by atoms with Crippen LogP contribution in [0.15, 0.2) is 66.7 Å². The van der Waals surface area contributed by atoms with E-state index >= 15 is 0 Å². The summed E-state index contributed by atoms with van der Waals surface area (Å²) in [5.41, 5.74) is -1.18. The minimum absolute atomic E-state index is 0.0729. The van der Waals surface area contributed by atoms with E-state index < -0.39 is 141 Å². The molecular formula is C40H32O19. The van der Waals surface area contributed by atoms with E-state index in [1.165, 1.54) is 6.07 Å². The lowest BCUT2D eigenvalue weighted by Gasteiger charge is -2.43. The predicted octanol–water partition coefficient (Wildman–Crippen LogP) is 3.65. The van der Waals surface area contributed by atoms with Crippen molar-refractivity contribution in [2.75, 3.05) is 6.61 Å². The smallest absolute Gasteiger partial charge is 0.338 e. The second-order valence-corrected chi connectivity index (χ2v) is 13.7. The Morgan fingerprint density at radius 2 is 1.24 bits per heavy atom. The van der Waals surface area contributed by atoms with Crippen molar-refractivity contribution in [1.29, 1.82) is 0 Å². The van der Waals surface area contributed by atoms with E-state index in [4.69, 9.17) is 28.4 Å². The number of fused-ring (bicyclic) bond motifs is 5. The van der Waals surface area contributed by atoms with E-state index in [1.54, 1.807) is 30.3 Å². The van der Waals surface area contributed by atoms with Gasteiger partial charge in [-0.15, -0.1) is 0 Å². The number of ether oxygens (including phenoxy) is 6. The van der Waals surface area contributed by atoms with Crippen LogP contribution >= 0.6 is 0 Å². The molecule has 19 nitrogen and oxygen atoms in total. The molecule has 0 aliphatic carbocycles. The van der Waals surface area contributed by atoms with Crippen LogP contribution in [0.1, 0.15) is 38.8 Å². The van der Waals surface area contributed by atoms with Gasteiger partial charge in [0.05, 0.1) is 23.1 Å². The van der Waals surface area contributed by atoms with Gasteiger partial charge in [0.2, 0.25) is 17.8 Å². The summed E-state index contributed by atoms with van der Waals surface area (Å²) in [5, 5.41) is 117. The first-order valence-electron chi connectivity index (χ1n) is 17.5. The molecule has 6 atom stereocenters. The van der Waals surface area contributed by atoms with Crippen molar-refractivity contribution in [2.24, 2.45) is 0 Å². The molecule has 1 unspecified atom stereocenters. The molecule has 1 saturated heterocycles. The summed E-state index contributed by atoms with van der Waals surface area (Å²) in [6, 6.07) is 14.2. The molecule has 0 radical (unpaired) electrons. The molecule has 1 fully saturated rings. The fraction of sp³-hybridized carbons (Fsp3) is 0.200. The molecular weight excluding hydrogens is 784 g/mol. The number of ketones is 1. The van der Waals surface area contributed by atoms with E-state index in [0.29, 0.717) is 5.56 Å². The van der Waals surface area contributed by atoms with Crippen molar-refractivity contribution in [3.05, 3.63) is 83.4 Å². The molecule has 3 aliphatic rings. The maximum Gasteiger partial charge on any atom is 0.338 e. The lowest BCUT2D eigenvalue weighted by molar-refractivity contribution is -0.270. The molecule has 8 rings (SSSR count). The number of benzene rings is 5. The maximum atomic E-state index is 13.6. The highest BCUT2D eigenvalue weighted by Gasteiger charge is 2.52. The van der Waals surface area contributed by atoms with Crippen LogP contribution in [0.5, 0.6) is 80.5 Å². The van der Waals surface area contributed by atoms with E-state index in [2.05, 4.69) is 0 Å². The Balaban J connectivity index is 1.21. The average molecular weight is 817 g/mol. The standard InChI is InChI=1S/C40H32O19/c41-17-8-16(9-25-28(17)18(42)10-23(56-25)14-4-2-1-3-5-14)55-40-36(52)38(59-39(53)15-6-19(43)31(47)20(44)7-15)37-27(58-40)13-54-24-11-21(45)32(48)34(50)29(24)30-26(57-37)12-22(46)33(49)35(30)51/h1-9,11-12,23,27,36-38,40-41,43-52H,10,13H2/t23?,27-,36-,37-,38-,40-/m1/s1. The van der Waals surface area contributed by atoms with Gasteiger partial charge in [0, 0.05) is 24.3 Å². The van der Waals surface area contributed by atoms with Gasteiger partial charge in [-0.25, -0.2) is 4.79 Å². The van der Waals surface area contributed by atoms with E-state index in [0.717, 1.165) is 30.3 Å². The largest absolute Gasteiger partial charge is 0.507 e. The van der Waals surface area contributed by atoms with Gasteiger partial charge in [-0.3, -0.25) is 4.79 Å². The van der Waals surface area contributed by atoms with Crippen molar-refractivity contribution in [1.82, 2.24) is 0 Å². The number of aliphatic hydroxyl groups is 1. The van der Waals surface area contributed by atoms with Crippen LogP contribution in [0.3, 0.4) is 0 Å². The highest BCUT2D eigenvalue weighted by atomic mass is 16.7. The number of Topliss-reactive ketones (excluding diaryl/α,β-unsaturated/α-hetero) is 1. The normalized spacial score (nSPS) is 21.9. The number of hydrogen-bond donors (Lipinski definition) is 11. The van der Waals surface area contributed by atoms with E-state index in [-0.39, 0.29) is 23.5 Å². The molecule has 19 heteroatoms. The molecule has 306 valence electrons. The highest BCUT2D eigenvalue weighted by molar-refractivity contribution is 6.02. The zero-order valence-corrected chi connectivity index (χ0v) is 29.9. The lowest BCUT2D eigenvalue weighted by Crippen LogP contribution is -2.63. The van der Waals surface area contributed by atoms with Crippen molar-refractivity contribution in [3.63, 3.8) is 0 Å². The third-order valence-corrected chi connectivity index (χ3v) is 9.91. The quantitative estimate of drug-likeness (QED) is 0.0891. The number of rotatable bonds is 5. The molecule has 0 spiro atoms. The van der Waals surface area contributed by atoms with Crippen LogP contribution in [0, 0.1) is 0 Å². The predicted molar refractivity (Wildman–Crippen MR) is 195 cm³/mol. The van der Waals surface area contributed by atoms with Crippen LogP contribution in [0.25, 0.3) is 11.1 Å². The fourth-order valence-corrected chi connectivity index (χ4v) is 7.04. The number of hydrogen-bond acceptors (Lipinski definition) is 19. The Kier molecular flexibility index (Phi) is 9.32. The number of carbonyl (C=O) groups excluding carboxylic acids is 2. The van der Waals surface area contributed by atoms with Gasteiger partial charge in [-0.1, -0.05) is 30.3 Å². The van der Waals surface area contributed by atoms with Gasteiger partial charge in [0.1, 0.15) is 53.1 Å². The number of aliphatic hydroxyl groups excluding tert-OH is 1. The summed E-state index contributed by atoms with van der Waals surface area (Å²) < 4.78 is 35.9. The molecule has 0 aromatic heterocycles. The topological polar surface area (TPSA) is 312 Å². The van der Waals surface area contributed by atoms with E-state index in [1.807, 2.05) is 0 Å². The molecule has 5 aromatic rings. The molecule has 3 heterocycles. The van der Waals surface area contributed by atoms with Crippen molar-refractivity contribution in [2.45, 2.75) is 43.2 Å². The minimum Gasteiger partial charge on any atom is -0.507 e. The second kappa shape index (κ2) is 14.4. The average Bonchev–Trinajstić information content (AvgIpc) is 3.26. The number of phenols is 10. The number of carbonyl (C=O) groups is 2. The molecule has 5 aromatic carbocycles. The Morgan fingerprint density at radius 1 is 0.644 bits per heavy atom. The van der Waals surface area contributed by atoms with Gasteiger partial charge >= 0.3 is 5.97 Å². The van der Waals surface area contributed by atoms with Crippen molar-refractivity contribution < 1.29 is 94.2 Å². The molecule has 11 N–H and O–H groups in total. The molecule has 0 amide bonds. The first-order chi connectivity index (χ1) is 28.1. The third kappa shape index (κ3) is 6.62. The second-order valence-electron chi connectivity index (χ2n) is 13.7. The maximum absolute atomic E-state index is 13.6. The monoisotopic (exact) mass is 816 g/mol. The van der Waals surface area contributed by atoms with Gasteiger partial charge in [-0.05, 0) is 17.7 Å². The van der Waals surface area contributed by atoms with Crippen molar-refractivity contribution >= 4 is 11.8 Å². The summed E-state index contributed by atoms with van der Waals surface area (Å²) in [7, 11) is 0. The number of esters is 1. The molecule has 0 bridgehead atoms. The lowest BCUT2D eigenvalue weighted by atomic mass is 9.95. The summed E-state index contributed by atoms with van der Waals surface area (Å²) >= 11 is 0. The Labute approximate surface area is 330 Å². The van der Waals surface area contributed by atoms with Crippen molar-refractivity contribution in [3.8, 4) is 91.6 Å². The molecule has 0 saturated carbocycles. The Hall–Kier alpha value is -7.64. The first-order valence-corrected chi connectivity index (χ1v) is 17.5. The SMILES string of the molecule is O=C(O[C@@H]1[C@@H](O)[C@H](Oc2cc(O)c3c(c2)OC(c2ccccc2)CC3=O)O[C@@H]2COc3cc(O)c(O)c(O)c3-c3c(cc(O)c(O)c3O)O[C@@H]12)c1cc(O)c(O)c(O)c1. The van der Waals surface area contributed by atoms with Crippen LogP contribution in [-0.2, 0) is 9.47 Å². The molecule has 59 heavy (non-hydrogen) atoms. The number of phenolic OH excluding ortho intramolecular Hbond substituents is 10. The van der Waals surface area contributed by atoms with Gasteiger partial charge in [-0.2, -0.15) is 0 Å². The summed E-state index contributed by atoms with van der Waals surface area (Å²) in [5.74, 6) is -12.7. The van der Waals surface area contributed by atoms with Gasteiger partial charge in [0.15, 0.2) is 64.3 Å². The number of aromatic hydroxyl groups is 10. The third-order valence-electron chi connectivity index (χ3n) is 9.91. The first kappa shape index (κ1) is 38.2. The fourth-order valence-electron chi connectivity index (χ4n) is 7.04. The van der Waals surface area contributed by atoms with Gasteiger partial charge in [0.25, 0.3) is 0 Å². The Morgan fingerprint density at radius 3 is 1.90 bits per heavy atom. The van der Waals surface area contributed by atoms with Crippen LogP contribution in [-0.4, -0.2) is 105 Å². The Bertz CT molecular complexity index is 2500. The zero-order chi connectivity index (χ0) is 42.0. The zero-order valence-electron chi connectivity index (χ0n) is 29.9. The van der Waals surface area contributed by atoms with Crippen LogP contribution < -0.4 is 18.9 Å². The summed E-state index contributed by atoms with van der Waals surface area (Å²) in [4.78, 5) is 26.8. The molecule has 3 aliphatic heterocycles. The summed E-state index contributed by atoms with van der Waals surface area (Å²) in [6.07, 6.45) is -9.99. The minimum atomic E-state index is -2.08.